The van der Waals surface area contributed by atoms with E-state index in [1.165, 1.54) is 18.5 Å². The predicted octanol–water partition coefficient (Wildman–Crippen LogP) is 5.51. The molecular formula is C32H34F4N6O2. The van der Waals surface area contributed by atoms with E-state index in [0.29, 0.717) is 37.1 Å². The number of amides is 1. The van der Waals surface area contributed by atoms with Crippen LogP contribution in [0.2, 0.25) is 0 Å². The lowest BCUT2D eigenvalue weighted by atomic mass is 9.92. The van der Waals surface area contributed by atoms with Gasteiger partial charge in [-0.1, -0.05) is 19.1 Å². The molecule has 8 nitrogen and oxygen atoms in total. The van der Waals surface area contributed by atoms with Crippen molar-refractivity contribution >= 4 is 11.4 Å². The van der Waals surface area contributed by atoms with Gasteiger partial charge in [-0.15, -0.1) is 0 Å². The summed E-state index contributed by atoms with van der Waals surface area (Å²) < 4.78 is 64.9. The number of rotatable bonds is 7. The molecule has 4 heterocycles. The van der Waals surface area contributed by atoms with Crippen LogP contribution in [0.15, 0.2) is 55.0 Å². The van der Waals surface area contributed by atoms with Crippen LogP contribution < -0.4 is 4.74 Å². The summed E-state index contributed by atoms with van der Waals surface area (Å²) in [7, 11) is 0. The van der Waals surface area contributed by atoms with Crippen molar-refractivity contribution in [2.45, 2.75) is 45.5 Å². The molecule has 6 rings (SSSR count). The van der Waals surface area contributed by atoms with Gasteiger partial charge in [-0.05, 0) is 72.5 Å². The van der Waals surface area contributed by atoms with E-state index in [1.54, 1.807) is 39.9 Å². The van der Waals surface area contributed by atoms with Gasteiger partial charge < -0.3 is 14.5 Å². The molecule has 0 saturated carbocycles. The number of hydrogen-bond donors (Lipinski definition) is 0. The first-order valence-electron chi connectivity index (χ1n) is 14.8. The number of fused-ring (bicyclic) bond motifs is 2. The number of carbonyl (C=O) groups is 1. The molecule has 1 atom stereocenters. The predicted molar refractivity (Wildman–Crippen MR) is 156 cm³/mol. The summed E-state index contributed by atoms with van der Waals surface area (Å²) in [5.41, 5.74) is 1.87. The Bertz CT molecular complexity index is 1660. The van der Waals surface area contributed by atoms with Crippen molar-refractivity contribution in [1.82, 2.24) is 29.3 Å². The monoisotopic (exact) mass is 610 g/mol. The van der Waals surface area contributed by atoms with Gasteiger partial charge in [-0.3, -0.25) is 9.69 Å². The fourth-order valence-electron chi connectivity index (χ4n) is 6.18. The van der Waals surface area contributed by atoms with Crippen LogP contribution in [-0.2, 0) is 30.4 Å². The van der Waals surface area contributed by atoms with Crippen molar-refractivity contribution in [2.75, 3.05) is 39.3 Å². The number of likely N-dealkylation sites (N-methyl/N-ethyl adjacent to an activating group) is 1. The average molecular weight is 611 g/mol. The maximum absolute atomic E-state index is 15.1. The zero-order chi connectivity index (χ0) is 31.0. The van der Waals surface area contributed by atoms with Gasteiger partial charge in [0.25, 0.3) is 0 Å². The number of nitrogens with zero attached hydrogens (tertiary/aromatic N) is 6. The highest BCUT2D eigenvalue weighted by molar-refractivity contribution is 5.80. The Hall–Kier alpha value is -4.03. The van der Waals surface area contributed by atoms with Gasteiger partial charge in [0.15, 0.2) is 11.6 Å². The lowest BCUT2D eigenvalue weighted by Gasteiger charge is -2.36. The van der Waals surface area contributed by atoms with Gasteiger partial charge in [-0.2, -0.15) is 23.3 Å². The lowest BCUT2D eigenvalue weighted by molar-refractivity contribution is -0.139. The van der Waals surface area contributed by atoms with E-state index in [1.807, 2.05) is 11.8 Å². The quantitative estimate of drug-likeness (QED) is 0.258. The molecule has 232 valence electrons. The fourth-order valence-corrected chi connectivity index (χ4v) is 6.18. The molecule has 0 N–H and O–H groups in total. The molecular weight excluding hydrogens is 576 g/mol. The molecule has 1 unspecified atom stereocenters. The minimum absolute atomic E-state index is 0.0341. The Labute approximate surface area is 252 Å². The zero-order valence-electron chi connectivity index (χ0n) is 24.6. The molecule has 2 aliphatic heterocycles. The molecule has 0 aliphatic carbocycles. The maximum Gasteiger partial charge on any atom is 0.416 e. The molecule has 2 aliphatic rings. The van der Waals surface area contributed by atoms with E-state index in [0.717, 1.165) is 36.8 Å². The van der Waals surface area contributed by atoms with Gasteiger partial charge in [0.2, 0.25) is 11.8 Å². The minimum atomic E-state index is -4.53. The van der Waals surface area contributed by atoms with Crippen molar-refractivity contribution in [3.8, 4) is 11.6 Å². The number of carbonyl (C=O) groups excluding carboxylic acids is 1. The zero-order valence-corrected chi connectivity index (χ0v) is 24.6. The fraction of sp³-hybridized carbons (Fsp3) is 0.406. The van der Waals surface area contributed by atoms with Crippen LogP contribution in [0, 0.1) is 5.82 Å². The summed E-state index contributed by atoms with van der Waals surface area (Å²) in [5.74, 6) is -0.691. The van der Waals surface area contributed by atoms with E-state index < -0.39 is 23.6 Å². The van der Waals surface area contributed by atoms with Gasteiger partial charge in [0.05, 0.1) is 18.0 Å². The second-order valence-corrected chi connectivity index (χ2v) is 11.4. The highest BCUT2D eigenvalue weighted by atomic mass is 19.4. The largest absolute Gasteiger partial charge is 0.434 e. The number of aromatic nitrogens is 3. The Balaban J connectivity index is 1.18. The molecule has 2 aromatic carbocycles. The van der Waals surface area contributed by atoms with Crippen LogP contribution in [0.4, 0.5) is 17.6 Å². The van der Waals surface area contributed by atoms with Gasteiger partial charge >= 0.3 is 6.18 Å². The smallest absolute Gasteiger partial charge is 0.416 e. The molecule has 44 heavy (non-hydrogen) atoms. The Kier molecular flexibility index (Phi) is 8.30. The van der Waals surface area contributed by atoms with Crippen molar-refractivity contribution < 1.29 is 27.1 Å². The third-order valence-electron chi connectivity index (χ3n) is 8.70. The Morgan fingerprint density at radius 2 is 1.82 bits per heavy atom. The molecule has 1 amide bonds. The van der Waals surface area contributed by atoms with Gasteiger partial charge in [-0.25, -0.2) is 8.91 Å². The van der Waals surface area contributed by atoms with Crippen LogP contribution in [0.25, 0.3) is 5.52 Å². The first kappa shape index (κ1) is 30.0. The van der Waals surface area contributed by atoms with Crippen molar-refractivity contribution in [3.63, 3.8) is 0 Å². The number of halogens is 4. The number of benzene rings is 2. The maximum atomic E-state index is 15.1. The third kappa shape index (κ3) is 6.14. The standard InChI is InChI=1S/C32H34F4N6O2/c1-3-39-11-13-40(14-12-39)19-24-7-6-22(15-26(24)32(34,35)36)16-30(43)41-10-8-23-17-27(33)29(18-25(23)21(41)2)44-31-28-5-4-9-42(28)38-20-37-31/h4-7,9,15,17-18,20-21H,3,8,10-14,16,19H2,1-2H3. The van der Waals surface area contributed by atoms with Crippen molar-refractivity contribution in [2.24, 2.45) is 0 Å². The molecule has 2 aromatic heterocycles. The molecule has 0 bridgehead atoms. The normalized spacial score (nSPS) is 18.0. The van der Waals surface area contributed by atoms with E-state index in [2.05, 4.69) is 21.9 Å². The van der Waals surface area contributed by atoms with E-state index >= 15 is 4.39 Å². The first-order chi connectivity index (χ1) is 21.1. The van der Waals surface area contributed by atoms with E-state index in [4.69, 9.17) is 4.74 Å². The lowest BCUT2D eigenvalue weighted by Crippen LogP contribution is -2.45. The van der Waals surface area contributed by atoms with Crippen LogP contribution >= 0.6 is 0 Å². The van der Waals surface area contributed by atoms with Gasteiger partial charge in [0.1, 0.15) is 11.8 Å². The average Bonchev–Trinajstić information content (AvgIpc) is 3.49. The van der Waals surface area contributed by atoms with Gasteiger partial charge in [0, 0.05) is 45.5 Å². The van der Waals surface area contributed by atoms with E-state index in [9.17, 15) is 18.0 Å². The summed E-state index contributed by atoms with van der Waals surface area (Å²) in [6.07, 6.45) is -1.26. The molecule has 0 spiro atoms. The summed E-state index contributed by atoms with van der Waals surface area (Å²) in [6.45, 7) is 8.48. The highest BCUT2D eigenvalue weighted by Crippen LogP contribution is 2.37. The number of ether oxygens (including phenoxy) is 1. The number of hydrogen-bond acceptors (Lipinski definition) is 6. The number of piperazine rings is 1. The van der Waals surface area contributed by atoms with Crippen LogP contribution in [0.5, 0.6) is 11.6 Å². The van der Waals surface area contributed by atoms with Crippen LogP contribution in [-0.4, -0.2) is 74.5 Å². The van der Waals surface area contributed by atoms with E-state index in [-0.39, 0.29) is 36.1 Å². The molecule has 0 radical (unpaired) electrons. The summed E-state index contributed by atoms with van der Waals surface area (Å²) in [5, 5.41) is 4.09. The number of alkyl halides is 3. The minimum Gasteiger partial charge on any atom is -0.434 e. The summed E-state index contributed by atoms with van der Waals surface area (Å²) in [4.78, 5) is 23.6. The topological polar surface area (TPSA) is 66.2 Å². The first-order valence-corrected chi connectivity index (χ1v) is 14.8. The third-order valence-corrected chi connectivity index (χ3v) is 8.70. The Morgan fingerprint density at radius 3 is 2.57 bits per heavy atom. The molecule has 1 fully saturated rings. The Morgan fingerprint density at radius 1 is 1.05 bits per heavy atom. The second kappa shape index (κ2) is 12.2. The molecule has 12 heteroatoms. The van der Waals surface area contributed by atoms with Crippen LogP contribution in [0.1, 0.15) is 47.7 Å². The highest BCUT2D eigenvalue weighted by Gasteiger charge is 2.35. The summed E-state index contributed by atoms with van der Waals surface area (Å²) >= 11 is 0. The SMILES string of the molecule is CCN1CCN(Cc2ccc(CC(=O)N3CCc4cc(F)c(Oc5ncnn6cccc56)cc4C3C)cc2C(F)(F)F)CC1. The van der Waals surface area contributed by atoms with Crippen LogP contribution in [0.3, 0.4) is 0 Å². The second-order valence-electron chi connectivity index (χ2n) is 11.4. The molecule has 1 saturated heterocycles. The summed E-state index contributed by atoms with van der Waals surface area (Å²) in [6, 6.07) is 10.3. The molecule has 4 aromatic rings. The van der Waals surface area contributed by atoms with Crippen molar-refractivity contribution in [1.29, 1.82) is 0 Å². The van der Waals surface area contributed by atoms with Crippen molar-refractivity contribution in [3.05, 3.63) is 88.6 Å².